The molecule has 1 aliphatic rings. The number of anilines is 2. The Labute approximate surface area is 152 Å². The van der Waals surface area contributed by atoms with Crippen molar-refractivity contribution in [2.24, 2.45) is 0 Å². The van der Waals surface area contributed by atoms with E-state index in [2.05, 4.69) is 15.3 Å². The van der Waals surface area contributed by atoms with E-state index in [-0.39, 0.29) is 11.9 Å². The fraction of sp³-hybridized carbons (Fsp3) is 0.389. The van der Waals surface area contributed by atoms with Gasteiger partial charge in [-0.15, -0.1) is 0 Å². The summed E-state index contributed by atoms with van der Waals surface area (Å²) in [6.07, 6.45) is 1.68. The van der Waals surface area contributed by atoms with Gasteiger partial charge in [-0.1, -0.05) is 17.7 Å². The third-order valence-corrected chi connectivity index (χ3v) is 4.45. The van der Waals surface area contributed by atoms with E-state index in [1.54, 1.807) is 20.1 Å². The van der Waals surface area contributed by atoms with E-state index in [1.807, 2.05) is 30.0 Å². The van der Waals surface area contributed by atoms with E-state index in [1.165, 1.54) is 0 Å². The Hall–Kier alpha value is -2.34. The molecule has 1 aromatic heterocycles. The number of carbonyl (C=O) groups is 1. The third kappa shape index (κ3) is 3.85. The zero-order valence-electron chi connectivity index (χ0n) is 14.5. The van der Waals surface area contributed by atoms with Crippen molar-refractivity contribution in [1.82, 2.24) is 9.97 Å². The fourth-order valence-corrected chi connectivity index (χ4v) is 3.33. The molecule has 1 N–H and O–H groups in total. The van der Waals surface area contributed by atoms with Crippen LogP contribution in [0.2, 0.25) is 5.15 Å². The van der Waals surface area contributed by atoms with Crippen molar-refractivity contribution in [2.75, 3.05) is 23.9 Å². The van der Waals surface area contributed by atoms with Gasteiger partial charge in [0.05, 0.1) is 12.8 Å². The molecule has 3 rings (SSSR count). The molecule has 6 nitrogen and oxygen atoms in total. The summed E-state index contributed by atoms with van der Waals surface area (Å²) in [5, 5.41) is 3.37. The summed E-state index contributed by atoms with van der Waals surface area (Å²) >= 11 is 6.05. The van der Waals surface area contributed by atoms with Crippen LogP contribution in [0, 0.1) is 13.8 Å². The first-order valence-electron chi connectivity index (χ1n) is 8.21. The first-order chi connectivity index (χ1) is 12.0. The van der Waals surface area contributed by atoms with E-state index in [0.717, 1.165) is 24.9 Å². The van der Waals surface area contributed by atoms with Gasteiger partial charge in [-0.25, -0.2) is 9.97 Å². The van der Waals surface area contributed by atoms with Gasteiger partial charge in [-0.3, -0.25) is 4.79 Å². The lowest BCUT2D eigenvalue weighted by Gasteiger charge is -2.25. The molecule has 7 heteroatoms. The molecule has 1 fully saturated rings. The van der Waals surface area contributed by atoms with Gasteiger partial charge in [0.15, 0.2) is 0 Å². The smallest absolute Gasteiger partial charge is 0.247 e. The van der Waals surface area contributed by atoms with Crippen LogP contribution in [0.4, 0.5) is 11.5 Å². The molecule has 1 atom stereocenters. The van der Waals surface area contributed by atoms with Crippen LogP contribution < -0.4 is 15.0 Å². The number of rotatable bonds is 4. The minimum Gasteiger partial charge on any atom is -0.495 e. The number of nitrogens with one attached hydrogen (secondary N) is 1. The van der Waals surface area contributed by atoms with Gasteiger partial charge >= 0.3 is 0 Å². The number of nitrogens with zero attached hydrogens (tertiary/aromatic N) is 3. The molecule has 1 unspecified atom stereocenters. The van der Waals surface area contributed by atoms with Crippen LogP contribution in [0.1, 0.15) is 24.2 Å². The molecule has 0 bridgehead atoms. The van der Waals surface area contributed by atoms with Gasteiger partial charge in [-0.05, 0) is 44.4 Å². The fourth-order valence-electron chi connectivity index (χ4n) is 3.11. The Bertz CT molecular complexity index is 776. The molecule has 1 aromatic carbocycles. The normalized spacial score (nSPS) is 16.8. The SMILES string of the molecule is COc1ccc(C)cc1NC(=O)C1CCCN1c1cc(Cl)nc(C)n1. The molecule has 2 aromatic rings. The summed E-state index contributed by atoms with van der Waals surface area (Å²) in [6, 6.07) is 7.11. The molecule has 25 heavy (non-hydrogen) atoms. The number of ether oxygens (including phenoxy) is 1. The van der Waals surface area contributed by atoms with Crippen LogP contribution in [-0.4, -0.2) is 35.6 Å². The molecule has 0 aliphatic carbocycles. The van der Waals surface area contributed by atoms with Crippen molar-refractivity contribution >= 4 is 29.0 Å². The number of aryl methyl sites for hydroxylation is 2. The summed E-state index contributed by atoms with van der Waals surface area (Å²) in [6.45, 7) is 4.52. The zero-order chi connectivity index (χ0) is 18.0. The van der Waals surface area contributed by atoms with Crippen molar-refractivity contribution in [2.45, 2.75) is 32.7 Å². The number of amides is 1. The minimum atomic E-state index is -0.296. The Kier molecular flexibility index (Phi) is 5.08. The molecule has 2 heterocycles. The minimum absolute atomic E-state index is 0.0752. The van der Waals surface area contributed by atoms with Crippen molar-refractivity contribution in [3.05, 3.63) is 40.8 Å². The van der Waals surface area contributed by atoms with Crippen molar-refractivity contribution in [3.8, 4) is 5.75 Å². The molecular weight excluding hydrogens is 340 g/mol. The lowest BCUT2D eigenvalue weighted by molar-refractivity contribution is -0.117. The Morgan fingerprint density at radius 1 is 1.32 bits per heavy atom. The quantitative estimate of drug-likeness (QED) is 0.847. The topological polar surface area (TPSA) is 67.3 Å². The van der Waals surface area contributed by atoms with E-state index in [0.29, 0.717) is 28.2 Å². The van der Waals surface area contributed by atoms with Crippen LogP contribution in [0.5, 0.6) is 5.75 Å². The maximum atomic E-state index is 12.9. The van der Waals surface area contributed by atoms with Crippen LogP contribution in [-0.2, 0) is 4.79 Å². The molecule has 0 saturated carbocycles. The van der Waals surface area contributed by atoms with Crippen LogP contribution in [0.3, 0.4) is 0 Å². The Balaban J connectivity index is 1.83. The predicted octanol–water partition coefficient (Wildman–Crippen LogP) is 3.36. The molecule has 1 saturated heterocycles. The van der Waals surface area contributed by atoms with E-state index in [4.69, 9.17) is 16.3 Å². The second-order valence-electron chi connectivity index (χ2n) is 6.14. The highest BCUT2D eigenvalue weighted by Gasteiger charge is 2.32. The number of benzene rings is 1. The molecule has 0 radical (unpaired) electrons. The summed E-state index contributed by atoms with van der Waals surface area (Å²) in [4.78, 5) is 23.4. The Morgan fingerprint density at radius 3 is 2.84 bits per heavy atom. The lowest BCUT2D eigenvalue weighted by atomic mass is 10.1. The van der Waals surface area contributed by atoms with E-state index >= 15 is 0 Å². The first kappa shape index (κ1) is 17.5. The van der Waals surface area contributed by atoms with Crippen molar-refractivity contribution < 1.29 is 9.53 Å². The van der Waals surface area contributed by atoms with Crippen LogP contribution in [0.15, 0.2) is 24.3 Å². The largest absolute Gasteiger partial charge is 0.495 e. The van der Waals surface area contributed by atoms with Gasteiger partial charge in [-0.2, -0.15) is 0 Å². The highest BCUT2D eigenvalue weighted by atomic mass is 35.5. The number of methoxy groups -OCH3 is 1. The Morgan fingerprint density at radius 2 is 2.12 bits per heavy atom. The van der Waals surface area contributed by atoms with Crippen molar-refractivity contribution in [1.29, 1.82) is 0 Å². The number of hydrogen-bond acceptors (Lipinski definition) is 5. The summed E-state index contributed by atoms with van der Waals surface area (Å²) in [5.74, 6) is 1.85. The second-order valence-corrected chi connectivity index (χ2v) is 6.53. The maximum Gasteiger partial charge on any atom is 0.247 e. The highest BCUT2D eigenvalue weighted by molar-refractivity contribution is 6.29. The standard InChI is InChI=1S/C18H21ClN4O2/c1-11-6-7-15(25-3)13(9-11)22-18(24)14-5-4-8-23(14)17-10-16(19)20-12(2)21-17/h6-7,9-10,14H,4-5,8H2,1-3H3,(H,22,24). The summed E-state index contributed by atoms with van der Waals surface area (Å²) < 4.78 is 5.34. The number of hydrogen-bond donors (Lipinski definition) is 1. The first-order valence-corrected chi connectivity index (χ1v) is 8.59. The van der Waals surface area contributed by atoms with Gasteiger partial charge < -0.3 is 15.0 Å². The van der Waals surface area contributed by atoms with Gasteiger partial charge in [0, 0.05) is 12.6 Å². The van der Waals surface area contributed by atoms with E-state index < -0.39 is 0 Å². The highest BCUT2D eigenvalue weighted by Crippen LogP contribution is 2.29. The monoisotopic (exact) mass is 360 g/mol. The third-order valence-electron chi connectivity index (χ3n) is 4.26. The summed E-state index contributed by atoms with van der Waals surface area (Å²) in [5.41, 5.74) is 1.73. The molecule has 1 amide bonds. The number of carbonyl (C=O) groups excluding carboxylic acids is 1. The van der Waals surface area contributed by atoms with Crippen LogP contribution >= 0.6 is 11.6 Å². The molecular formula is C18H21ClN4O2. The summed E-state index contributed by atoms with van der Waals surface area (Å²) in [7, 11) is 1.59. The number of halogens is 1. The average molecular weight is 361 g/mol. The van der Waals surface area contributed by atoms with E-state index in [9.17, 15) is 4.79 Å². The predicted molar refractivity (Wildman–Crippen MR) is 98.5 cm³/mol. The zero-order valence-corrected chi connectivity index (χ0v) is 15.3. The van der Waals surface area contributed by atoms with Gasteiger partial charge in [0.2, 0.25) is 5.91 Å². The van der Waals surface area contributed by atoms with Crippen molar-refractivity contribution in [3.63, 3.8) is 0 Å². The molecule has 1 aliphatic heterocycles. The number of aromatic nitrogens is 2. The van der Waals surface area contributed by atoms with Crippen LogP contribution in [0.25, 0.3) is 0 Å². The lowest BCUT2D eigenvalue weighted by Crippen LogP contribution is -2.40. The molecule has 0 spiro atoms. The molecule has 132 valence electrons. The second kappa shape index (κ2) is 7.27. The maximum absolute atomic E-state index is 12.9. The average Bonchev–Trinajstić information content (AvgIpc) is 3.04. The van der Waals surface area contributed by atoms with Gasteiger partial charge in [0.1, 0.15) is 28.6 Å². The van der Waals surface area contributed by atoms with Gasteiger partial charge in [0.25, 0.3) is 0 Å².